The molecule has 0 spiro atoms. The van der Waals surface area contributed by atoms with Gasteiger partial charge in [0.05, 0.1) is 11.1 Å². The highest BCUT2D eigenvalue weighted by Gasteiger charge is 2.30. The molecule has 3 aromatic rings. The first-order valence-electron chi connectivity index (χ1n) is 6.79. The summed E-state index contributed by atoms with van der Waals surface area (Å²) in [5.74, 6) is 0. The van der Waals surface area contributed by atoms with Gasteiger partial charge in [-0.15, -0.1) is 4.73 Å². The van der Waals surface area contributed by atoms with Gasteiger partial charge in [0.25, 0.3) is 5.56 Å². The maximum atomic E-state index is 12.9. The van der Waals surface area contributed by atoms with Crippen molar-refractivity contribution < 1.29 is 18.0 Å². The van der Waals surface area contributed by atoms with E-state index in [1.165, 1.54) is 19.2 Å². The number of aromatic nitrogens is 1. The van der Waals surface area contributed by atoms with Crippen LogP contribution in [-0.2, 0) is 6.18 Å². The molecule has 0 fully saturated rings. The SMILES string of the molecule is COn1c(=O)cc(-c2cccc(C(F)(F)F)c2)c2ccccc21. The van der Waals surface area contributed by atoms with Crippen LogP contribution in [0.3, 0.4) is 0 Å². The molecule has 2 aromatic carbocycles. The van der Waals surface area contributed by atoms with Crippen LogP contribution in [0, 0.1) is 0 Å². The van der Waals surface area contributed by atoms with Crippen molar-refractivity contribution in [1.82, 2.24) is 4.73 Å². The van der Waals surface area contributed by atoms with Crippen molar-refractivity contribution in [1.29, 1.82) is 0 Å². The van der Waals surface area contributed by atoms with E-state index in [1.807, 2.05) is 0 Å². The van der Waals surface area contributed by atoms with Gasteiger partial charge >= 0.3 is 6.18 Å². The van der Waals surface area contributed by atoms with Crippen molar-refractivity contribution in [3.63, 3.8) is 0 Å². The number of hydrogen-bond acceptors (Lipinski definition) is 2. The lowest BCUT2D eigenvalue weighted by Gasteiger charge is -2.13. The number of nitrogens with zero attached hydrogens (tertiary/aromatic N) is 1. The van der Waals surface area contributed by atoms with Crippen LogP contribution in [0.5, 0.6) is 0 Å². The lowest BCUT2D eigenvalue weighted by atomic mass is 9.99. The minimum Gasteiger partial charge on any atom is -0.413 e. The van der Waals surface area contributed by atoms with Gasteiger partial charge < -0.3 is 4.84 Å². The molecule has 3 rings (SSSR count). The van der Waals surface area contributed by atoms with Crippen molar-refractivity contribution in [2.45, 2.75) is 6.18 Å². The molecule has 6 heteroatoms. The number of rotatable bonds is 2. The van der Waals surface area contributed by atoms with E-state index in [0.717, 1.165) is 16.9 Å². The van der Waals surface area contributed by atoms with Crippen LogP contribution in [0.4, 0.5) is 13.2 Å². The molecule has 0 atom stereocenters. The van der Waals surface area contributed by atoms with Gasteiger partial charge in [-0.1, -0.05) is 30.3 Å². The van der Waals surface area contributed by atoms with Gasteiger partial charge in [0, 0.05) is 11.5 Å². The maximum absolute atomic E-state index is 12.9. The maximum Gasteiger partial charge on any atom is 0.416 e. The number of fused-ring (bicyclic) bond motifs is 1. The third-order valence-electron chi connectivity index (χ3n) is 3.56. The molecule has 1 heterocycles. The number of alkyl halides is 3. The number of halogens is 3. The fraction of sp³-hybridized carbons (Fsp3) is 0.118. The predicted octanol–water partition coefficient (Wildman–Crippen LogP) is 3.75. The molecule has 3 nitrogen and oxygen atoms in total. The highest BCUT2D eigenvalue weighted by Crippen LogP contribution is 2.33. The average Bonchev–Trinajstić information content (AvgIpc) is 2.53. The largest absolute Gasteiger partial charge is 0.416 e. The molecule has 0 bridgehead atoms. The van der Waals surface area contributed by atoms with Crippen molar-refractivity contribution in [2.24, 2.45) is 0 Å². The van der Waals surface area contributed by atoms with E-state index in [0.29, 0.717) is 22.0 Å². The molecular weight excluding hydrogens is 307 g/mol. The van der Waals surface area contributed by atoms with Crippen LogP contribution in [0.1, 0.15) is 5.56 Å². The van der Waals surface area contributed by atoms with Crippen LogP contribution in [-0.4, -0.2) is 11.8 Å². The molecule has 0 aliphatic carbocycles. The topological polar surface area (TPSA) is 31.2 Å². The van der Waals surface area contributed by atoms with Gasteiger partial charge in [-0.25, -0.2) is 0 Å². The van der Waals surface area contributed by atoms with Crippen LogP contribution in [0.25, 0.3) is 22.0 Å². The van der Waals surface area contributed by atoms with E-state index in [-0.39, 0.29) is 0 Å². The summed E-state index contributed by atoms with van der Waals surface area (Å²) < 4.78 is 39.8. The van der Waals surface area contributed by atoms with E-state index in [2.05, 4.69) is 0 Å². The van der Waals surface area contributed by atoms with Crippen LogP contribution < -0.4 is 10.4 Å². The number of benzene rings is 2. The van der Waals surface area contributed by atoms with Gasteiger partial charge in [0.1, 0.15) is 7.11 Å². The second-order valence-corrected chi connectivity index (χ2v) is 4.97. The van der Waals surface area contributed by atoms with Crippen molar-refractivity contribution in [3.05, 3.63) is 70.5 Å². The van der Waals surface area contributed by atoms with E-state index in [9.17, 15) is 18.0 Å². The highest BCUT2D eigenvalue weighted by molar-refractivity contribution is 5.94. The summed E-state index contributed by atoms with van der Waals surface area (Å²) in [7, 11) is 1.36. The monoisotopic (exact) mass is 319 g/mol. The Labute approximate surface area is 129 Å². The lowest BCUT2D eigenvalue weighted by molar-refractivity contribution is -0.137. The van der Waals surface area contributed by atoms with Gasteiger partial charge in [0.15, 0.2) is 0 Å². The second-order valence-electron chi connectivity index (χ2n) is 4.97. The smallest absolute Gasteiger partial charge is 0.413 e. The average molecular weight is 319 g/mol. The van der Waals surface area contributed by atoms with Crippen LogP contribution in [0.2, 0.25) is 0 Å². The molecule has 118 valence electrons. The summed E-state index contributed by atoms with van der Waals surface area (Å²) in [6, 6.07) is 13.1. The normalized spacial score (nSPS) is 11.7. The molecule has 1 aromatic heterocycles. The lowest BCUT2D eigenvalue weighted by Crippen LogP contribution is -2.24. The Morgan fingerprint density at radius 2 is 1.74 bits per heavy atom. The zero-order valence-electron chi connectivity index (χ0n) is 12.1. The van der Waals surface area contributed by atoms with Crippen molar-refractivity contribution in [3.8, 4) is 11.1 Å². The summed E-state index contributed by atoms with van der Waals surface area (Å²) in [5, 5.41) is 0.633. The molecule has 0 saturated carbocycles. The first-order valence-corrected chi connectivity index (χ1v) is 6.79. The van der Waals surface area contributed by atoms with Crippen LogP contribution >= 0.6 is 0 Å². The molecule has 0 aliphatic heterocycles. The predicted molar refractivity (Wildman–Crippen MR) is 81.2 cm³/mol. The van der Waals surface area contributed by atoms with E-state index >= 15 is 0 Å². The van der Waals surface area contributed by atoms with Crippen LogP contribution in [0.15, 0.2) is 59.4 Å². The third kappa shape index (κ3) is 2.67. The zero-order chi connectivity index (χ0) is 16.6. The van der Waals surface area contributed by atoms with Gasteiger partial charge in [-0.05, 0) is 29.3 Å². The second kappa shape index (κ2) is 5.46. The summed E-state index contributed by atoms with van der Waals surface area (Å²) in [4.78, 5) is 17.2. The first kappa shape index (κ1) is 15.1. The fourth-order valence-electron chi connectivity index (χ4n) is 2.55. The molecule has 0 unspecified atom stereocenters. The Kier molecular flexibility index (Phi) is 3.60. The Hall–Kier alpha value is -2.76. The summed E-state index contributed by atoms with van der Waals surface area (Å²) in [5.41, 5.74) is 0.0601. The number of para-hydroxylation sites is 1. The quantitative estimate of drug-likeness (QED) is 0.720. The zero-order valence-corrected chi connectivity index (χ0v) is 12.1. The van der Waals surface area contributed by atoms with Gasteiger partial charge in [-0.2, -0.15) is 13.2 Å². The minimum atomic E-state index is -4.44. The minimum absolute atomic E-state index is 0.330. The first-order chi connectivity index (χ1) is 10.9. The molecule has 0 N–H and O–H groups in total. The van der Waals surface area contributed by atoms with Crippen molar-refractivity contribution in [2.75, 3.05) is 7.11 Å². The number of hydrogen-bond donors (Lipinski definition) is 0. The summed E-state index contributed by atoms with van der Waals surface area (Å²) in [6.07, 6.45) is -4.44. The molecular formula is C17H12F3NO2. The summed E-state index contributed by atoms with van der Waals surface area (Å²) in [6.45, 7) is 0. The Morgan fingerprint density at radius 1 is 1.00 bits per heavy atom. The van der Waals surface area contributed by atoms with E-state index in [4.69, 9.17) is 4.84 Å². The van der Waals surface area contributed by atoms with E-state index in [1.54, 1.807) is 30.3 Å². The summed E-state index contributed by atoms with van der Waals surface area (Å²) >= 11 is 0. The standard InChI is InChI=1S/C17H12F3NO2/c1-23-21-15-8-3-2-7-13(15)14(10-16(21)22)11-5-4-6-12(9-11)17(18,19)20/h2-10H,1H3. The Bertz CT molecular complexity index is 929. The molecule has 0 saturated heterocycles. The Balaban J connectivity index is 2.32. The van der Waals surface area contributed by atoms with E-state index < -0.39 is 17.3 Å². The third-order valence-corrected chi connectivity index (χ3v) is 3.56. The Morgan fingerprint density at radius 3 is 2.43 bits per heavy atom. The van der Waals surface area contributed by atoms with Gasteiger partial charge in [0.2, 0.25) is 0 Å². The molecule has 0 radical (unpaired) electrons. The van der Waals surface area contributed by atoms with Gasteiger partial charge in [-0.3, -0.25) is 4.79 Å². The fourth-order valence-corrected chi connectivity index (χ4v) is 2.55. The van der Waals surface area contributed by atoms with Crippen molar-refractivity contribution >= 4 is 10.9 Å². The highest BCUT2D eigenvalue weighted by atomic mass is 19.4. The molecule has 0 aliphatic rings. The molecule has 0 amide bonds. The number of pyridine rings is 1. The molecule has 23 heavy (non-hydrogen) atoms.